The minimum atomic E-state index is -1.17. The minimum absolute atomic E-state index is 0.119. The Bertz CT molecular complexity index is 361. The van der Waals surface area contributed by atoms with Gasteiger partial charge in [-0.3, -0.25) is 0 Å². The van der Waals surface area contributed by atoms with Gasteiger partial charge in [0.2, 0.25) is 0 Å². The number of hydrogen-bond acceptors (Lipinski definition) is 0. The van der Waals surface area contributed by atoms with Crippen LogP contribution in [0.5, 0.6) is 0 Å². The Hall–Kier alpha value is -0.770. The zero-order valence-electron chi connectivity index (χ0n) is 7.29. The summed E-state index contributed by atoms with van der Waals surface area (Å²) in [6.07, 6.45) is 0.203. The average molecular weight is 265 g/mol. The van der Waals surface area contributed by atoms with Crippen molar-refractivity contribution in [2.45, 2.75) is 6.42 Å². The molecule has 0 amide bonds. The van der Waals surface area contributed by atoms with Crippen molar-refractivity contribution in [2.75, 3.05) is 5.33 Å². The lowest BCUT2D eigenvalue weighted by Gasteiger charge is -2.04. The highest BCUT2D eigenvalue weighted by Gasteiger charge is 2.10. The highest BCUT2D eigenvalue weighted by atomic mass is 79.9. The zero-order valence-corrected chi connectivity index (χ0v) is 8.87. The molecule has 0 N–H and O–H groups in total. The second kappa shape index (κ2) is 4.64. The average Bonchev–Trinajstić information content (AvgIpc) is 2.14. The van der Waals surface area contributed by atoms with Gasteiger partial charge < -0.3 is 0 Å². The lowest BCUT2D eigenvalue weighted by Crippen LogP contribution is -1.97. The number of rotatable bonds is 3. The van der Waals surface area contributed by atoms with Gasteiger partial charge in [-0.1, -0.05) is 28.1 Å². The van der Waals surface area contributed by atoms with Gasteiger partial charge in [0.05, 0.1) is 0 Å². The molecule has 0 fully saturated rings. The molecule has 0 aliphatic carbocycles. The van der Waals surface area contributed by atoms with Crippen molar-refractivity contribution in [3.63, 3.8) is 0 Å². The van der Waals surface area contributed by atoms with Crippen molar-refractivity contribution in [3.8, 4) is 0 Å². The van der Waals surface area contributed by atoms with Gasteiger partial charge in [-0.05, 0) is 18.1 Å². The van der Waals surface area contributed by atoms with Crippen molar-refractivity contribution >= 4 is 15.9 Å². The van der Waals surface area contributed by atoms with E-state index in [1.807, 2.05) is 0 Å². The number of benzene rings is 1. The Labute approximate surface area is 88.6 Å². The summed E-state index contributed by atoms with van der Waals surface area (Å²) in [4.78, 5) is 0. The van der Waals surface area contributed by atoms with Gasteiger partial charge in [-0.25, -0.2) is 13.2 Å². The molecule has 0 radical (unpaired) electrons. The van der Waals surface area contributed by atoms with Gasteiger partial charge in [-0.15, -0.1) is 0 Å². The normalized spacial score (nSPS) is 10.3. The summed E-state index contributed by atoms with van der Waals surface area (Å²) in [6.45, 7) is 3.63. The predicted octanol–water partition coefficient (Wildman–Crippen LogP) is 3.60. The molecule has 0 heterocycles. The minimum Gasteiger partial charge on any atom is -0.207 e. The van der Waals surface area contributed by atoms with E-state index in [1.54, 1.807) is 0 Å². The topological polar surface area (TPSA) is 0 Å². The first-order valence-corrected chi connectivity index (χ1v) is 5.02. The van der Waals surface area contributed by atoms with Gasteiger partial charge >= 0.3 is 0 Å². The summed E-state index contributed by atoms with van der Waals surface area (Å²) in [5.41, 5.74) is 0.822. The van der Waals surface area contributed by atoms with Gasteiger partial charge in [-0.2, -0.15) is 0 Å². The second-order valence-corrected chi connectivity index (χ2v) is 3.48. The van der Waals surface area contributed by atoms with E-state index in [0.717, 1.165) is 6.07 Å². The molecule has 0 atom stereocenters. The smallest absolute Gasteiger partial charge is 0.161 e. The molecule has 0 aromatic heterocycles. The first-order chi connectivity index (χ1) is 6.54. The van der Waals surface area contributed by atoms with Crippen LogP contribution in [0.4, 0.5) is 13.2 Å². The summed E-state index contributed by atoms with van der Waals surface area (Å²) < 4.78 is 38.3. The third-order valence-electron chi connectivity index (χ3n) is 1.72. The molecule has 0 saturated heterocycles. The maximum atomic E-state index is 13.1. The Kier molecular flexibility index (Phi) is 3.75. The van der Waals surface area contributed by atoms with E-state index in [4.69, 9.17) is 0 Å². The molecular weight excluding hydrogens is 257 g/mol. The van der Waals surface area contributed by atoms with Crippen LogP contribution in [0.15, 0.2) is 24.3 Å². The van der Waals surface area contributed by atoms with Crippen molar-refractivity contribution in [1.82, 2.24) is 0 Å². The highest BCUT2D eigenvalue weighted by Crippen LogP contribution is 2.17. The molecule has 1 aromatic rings. The summed E-state index contributed by atoms with van der Waals surface area (Å²) >= 11 is 3.14. The summed E-state index contributed by atoms with van der Waals surface area (Å²) in [6, 6.07) is 1.41. The van der Waals surface area contributed by atoms with Gasteiger partial charge in [0, 0.05) is 11.4 Å². The van der Waals surface area contributed by atoms with Crippen molar-refractivity contribution in [1.29, 1.82) is 0 Å². The van der Waals surface area contributed by atoms with Crippen LogP contribution in [0.3, 0.4) is 0 Å². The SMILES string of the molecule is C=C(CBr)Cc1cc(F)c(F)cc1F. The molecule has 0 saturated carbocycles. The van der Waals surface area contributed by atoms with Crippen LogP contribution < -0.4 is 0 Å². The van der Waals surface area contributed by atoms with E-state index in [-0.39, 0.29) is 12.0 Å². The summed E-state index contributed by atoms with van der Waals surface area (Å²) in [7, 11) is 0. The Morgan fingerprint density at radius 1 is 1.14 bits per heavy atom. The molecule has 1 rings (SSSR count). The first-order valence-electron chi connectivity index (χ1n) is 3.90. The van der Waals surface area contributed by atoms with Crippen molar-refractivity contribution < 1.29 is 13.2 Å². The van der Waals surface area contributed by atoms with E-state index in [9.17, 15) is 13.2 Å². The monoisotopic (exact) mass is 264 g/mol. The fourth-order valence-electron chi connectivity index (χ4n) is 1.02. The molecule has 0 aliphatic heterocycles. The van der Waals surface area contributed by atoms with E-state index >= 15 is 0 Å². The van der Waals surface area contributed by atoms with Crippen molar-refractivity contribution in [3.05, 3.63) is 47.3 Å². The molecule has 0 nitrogen and oxygen atoms in total. The number of hydrogen-bond donors (Lipinski definition) is 0. The van der Waals surface area contributed by atoms with Crippen LogP contribution in [0.25, 0.3) is 0 Å². The second-order valence-electron chi connectivity index (χ2n) is 2.92. The summed E-state index contributed by atoms with van der Waals surface area (Å²) in [5.74, 6) is -2.95. The van der Waals surface area contributed by atoms with E-state index in [1.165, 1.54) is 0 Å². The lowest BCUT2D eigenvalue weighted by atomic mass is 10.1. The van der Waals surface area contributed by atoms with Gasteiger partial charge in [0.15, 0.2) is 11.6 Å². The van der Waals surface area contributed by atoms with E-state index in [0.29, 0.717) is 17.0 Å². The standard InChI is InChI=1S/C10H8BrF3/c1-6(5-11)2-7-3-9(13)10(14)4-8(7)12/h3-4H,1-2,5H2. The molecule has 14 heavy (non-hydrogen) atoms. The molecule has 76 valence electrons. The third-order valence-corrected chi connectivity index (χ3v) is 2.51. The van der Waals surface area contributed by atoms with E-state index in [2.05, 4.69) is 22.5 Å². The van der Waals surface area contributed by atoms with Crippen LogP contribution in [-0.4, -0.2) is 5.33 Å². The van der Waals surface area contributed by atoms with Gasteiger partial charge in [0.1, 0.15) is 5.82 Å². The number of alkyl halides is 1. The molecule has 0 bridgehead atoms. The highest BCUT2D eigenvalue weighted by molar-refractivity contribution is 9.09. The number of halogens is 4. The molecule has 0 unspecified atom stereocenters. The molecular formula is C10H8BrF3. The van der Waals surface area contributed by atoms with E-state index < -0.39 is 17.5 Å². The Morgan fingerprint density at radius 3 is 2.29 bits per heavy atom. The zero-order chi connectivity index (χ0) is 10.7. The summed E-state index contributed by atoms with van der Waals surface area (Å²) in [5, 5.41) is 0.505. The Morgan fingerprint density at radius 2 is 1.71 bits per heavy atom. The predicted molar refractivity (Wildman–Crippen MR) is 53.0 cm³/mol. The van der Waals surface area contributed by atoms with Crippen LogP contribution in [0.1, 0.15) is 5.56 Å². The van der Waals surface area contributed by atoms with Crippen LogP contribution >= 0.6 is 15.9 Å². The quantitative estimate of drug-likeness (QED) is 0.445. The fourth-order valence-corrected chi connectivity index (χ4v) is 1.21. The van der Waals surface area contributed by atoms with Crippen molar-refractivity contribution in [2.24, 2.45) is 0 Å². The van der Waals surface area contributed by atoms with Gasteiger partial charge in [0.25, 0.3) is 0 Å². The molecule has 0 spiro atoms. The maximum absolute atomic E-state index is 13.1. The number of allylic oxidation sites excluding steroid dienone is 1. The molecule has 4 heteroatoms. The van der Waals surface area contributed by atoms with Crippen LogP contribution in [0, 0.1) is 17.5 Å². The van der Waals surface area contributed by atoms with Crippen LogP contribution in [0.2, 0.25) is 0 Å². The largest absolute Gasteiger partial charge is 0.207 e. The van der Waals surface area contributed by atoms with Crippen LogP contribution in [-0.2, 0) is 6.42 Å². The Balaban J connectivity index is 2.98. The molecule has 1 aromatic carbocycles. The maximum Gasteiger partial charge on any atom is 0.161 e. The third kappa shape index (κ3) is 2.61. The fraction of sp³-hybridized carbons (Fsp3) is 0.200. The lowest BCUT2D eigenvalue weighted by molar-refractivity contribution is 0.491. The molecule has 0 aliphatic rings. The first kappa shape index (κ1) is 11.3.